The minimum atomic E-state index is -4.45. The molecule has 0 bridgehead atoms. The van der Waals surface area contributed by atoms with E-state index in [9.17, 15) is 22.8 Å². The van der Waals surface area contributed by atoms with Gasteiger partial charge in [-0.15, -0.1) is 0 Å². The average Bonchev–Trinajstić information content (AvgIpc) is 2.79. The van der Waals surface area contributed by atoms with Crippen molar-refractivity contribution in [2.75, 3.05) is 38.7 Å². The Morgan fingerprint density at radius 3 is 2.44 bits per heavy atom. The third kappa shape index (κ3) is 5.97. The number of carbonyl (C=O) groups is 2. The van der Waals surface area contributed by atoms with Crippen molar-refractivity contribution in [3.05, 3.63) is 53.7 Å². The van der Waals surface area contributed by atoms with Crippen LogP contribution in [0.15, 0.2) is 42.6 Å². The summed E-state index contributed by atoms with van der Waals surface area (Å²) in [6.45, 7) is 1.35. The van der Waals surface area contributed by atoms with E-state index in [1.54, 1.807) is 30.3 Å². The summed E-state index contributed by atoms with van der Waals surface area (Å²) in [6.07, 6.45) is -2.00. The van der Waals surface area contributed by atoms with Crippen LogP contribution >= 0.6 is 0 Å². The Labute approximate surface area is 183 Å². The highest BCUT2D eigenvalue weighted by Crippen LogP contribution is 2.30. The number of hydrogen-bond acceptors (Lipinski definition) is 5. The van der Waals surface area contributed by atoms with E-state index >= 15 is 0 Å². The van der Waals surface area contributed by atoms with Gasteiger partial charge in [0.05, 0.1) is 12.2 Å². The highest BCUT2D eigenvalue weighted by molar-refractivity contribution is 5.95. The average molecular weight is 451 g/mol. The van der Waals surface area contributed by atoms with Gasteiger partial charge in [-0.2, -0.15) is 13.2 Å². The van der Waals surface area contributed by atoms with Crippen LogP contribution in [-0.2, 0) is 15.7 Å². The van der Waals surface area contributed by atoms with E-state index in [4.69, 9.17) is 9.47 Å². The number of anilines is 1. The number of carbonyl (C=O) groups excluding carboxylic acids is 2. The second-order valence-electron chi connectivity index (χ2n) is 7.33. The Hall–Kier alpha value is -3.14. The maximum Gasteiger partial charge on any atom is 0.416 e. The molecule has 7 nitrogen and oxygen atoms in total. The van der Waals surface area contributed by atoms with E-state index in [1.807, 2.05) is 0 Å². The summed E-state index contributed by atoms with van der Waals surface area (Å²) in [6, 6.07) is 7.52. The fourth-order valence-corrected chi connectivity index (χ4v) is 3.39. The van der Waals surface area contributed by atoms with Crippen LogP contribution in [0.4, 0.5) is 18.9 Å². The van der Waals surface area contributed by atoms with Crippen molar-refractivity contribution in [3.8, 4) is 5.88 Å². The molecule has 2 amide bonds. The number of likely N-dealkylation sites (tertiary alicyclic amines) is 1. The molecule has 0 aliphatic carbocycles. The van der Waals surface area contributed by atoms with Gasteiger partial charge in [0.2, 0.25) is 11.8 Å². The summed E-state index contributed by atoms with van der Waals surface area (Å²) in [4.78, 5) is 31.0. The molecule has 1 saturated heterocycles. The quantitative estimate of drug-likeness (QED) is 0.651. The van der Waals surface area contributed by atoms with Crippen LogP contribution in [0.2, 0.25) is 0 Å². The molecule has 1 aromatic carbocycles. The Kier molecular flexibility index (Phi) is 7.68. The largest absolute Gasteiger partial charge is 0.474 e. The van der Waals surface area contributed by atoms with Gasteiger partial charge < -0.3 is 19.7 Å². The molecule has 0 atom stereocenters. The molecule has 1 fully saturated rings. The third-order valence-corrected chi connectivity index (χ3v) is 5.17. The molecule has 10 heteroatoms. The topological polar surface area (TPSA) is 80.8 Å². The van der Waals surface area contributed by atoms with Gasteiger partial charge in [0, 0.05) is 37.9 Å². The number of amides is 2. The lowest BCUT2D eigenvalue weighted by Gasteiger charge is -2.31. The second kappa shape index (κ2) is 10.4. The van der Waals surface area contributed by atoms with E-state index in [0.717, 1.165) is 12.1 Å². The van der Waals surface area contributed by atoms with Crippen LogP contribution < -0.4 is 10.1 Å². The zero-order valence-corrected chi connectivity index (χ0v) is 17.5. The Morgan fingerprint density at radius 2 is 1.81 bits per heavy atom. The van der Waals surface area contributed by atoms with E-state index in [0.29, 0.717) is 50.7 Å². The van der Waals surface area contributed by atoms with Crippen LogP contribution in [0, 0.1) is 5.92 Å². The van der Waals surface area contributed by atoms with Gasteiger partial charge >= 0.3 is 6.18 Å². The molecule has 2 aromatic rings. The first kappa shape index (κ1) is 23.5. The van der Waals surface area contributed by atoms with E-state index < -0.39 is 11.7 Å². The first-order chi connectivity index (χ1) is 15.3. The van der Waals surface area contributed by atoms with Crippen LogP contribution in [0.3, 0.4) is 0 Å². The van der Waals surface area contributed by atoms with Crippen molar-refractivity contribution >= 4 is 17.5 Å². The number of rotatable bonds is 7. The highest BCUT2D eigenvalue weighted by Gasteiger charge is 2.31. The highest BCUT2D eigenvalue weighted by atomic mass is 19.4. The fraction of sp³-hybridized carbons (Fsp3) is 0.409. The smallest absolute Gasteiger partial charge is 0.416 e. The monoisotopic (exact) mass is 451 g/mol. The van der Waals surface area contributed by atoms with Crippen LogP contribution in [0.1, 0.15) is 28.8 Å². The molecular formula is C22H24F3N3O4. The number of halogens is 3. The zero-order valence-electron chi connectivity index (χ0n) is 17.5. The summed E-state index contributed by atoms with van der Waals surface area (Å²) >= 11 is 0. The minimum absolute atomic E-state index is 0.189. The number of nitrogens with zero attached hydrogens (tertiary/aromatic N) is 2. The molecule has 1 N–H and O–H groups in total. The van der Waals surface area contributed by atoms with Crippen molar-refractivity contribution in [2.24, 2.45) is 5.92 Å². The van der Waals surface area contributed by atoms with E-state index in [2.05, 4.69) is 10.3 Å². The standard InChI is InChI=1S/C22H24F3N3O4/c1-31-13-14-32-20-18(3-2-10-26-20)27-19(29)15-8-11-28(12-9-15)21(30)16-4-6-17(7-5-16)22(23,24)25/h2-7,10,15H,8-9,11-14H2,1H3,(H,27,29). The number of pyridine rings is 1. The first-order valence-corrected chi connectivity index (χ1v) is 10.1. The Balaban J connectivity index is 1.54. The number of ether oxygens (including phenoxy) is 2. The predicted molar refractivity (Wildman–Crippen MR) is 110 cm³/mol. The van der Waals surface area contributed by atoms with Crippen molar-refractivity contribution in [1.82, 2.24) is 9.88 Å². The maximum absolute atomic E-state index is 12.7. The lowest BCUT2D eigenvalue weighted by Crippen LogP contribution is -2.41. The van der Waals surface area contributed by atoms with Crippen LogP contribution in [-0.4, -0.2) is 55.1 Å². The second-order valence-corrected chi connectivity index (χ2v) is 7.33. The molecule has 0 saturated carbocycles. The predicted octanol–water partition coefficient (Wildman–Crippen LogP) is 3.62. The van der Waals surface area contributed by atoms with Gasteiger partial charge in [-0.05, 0) is 49.2 Å². The van der Waals surface area contributed by atoms with Crippen molar-refractivity contribution in [2.45, 2.75) is 19.0 Å². The number of alkyl halides is 3. The van der Waals surface area contributed by atoms with Gasteiger partial charge in [-0.25, -0.2) is 4.98 Å². The third-order valence-electron chi connectivity index (χ3n) is 5.17. The van der Waals surface area contributed by atoms with Gasteiger partial charge in [0.25, 0.3) is 5.91 Å². The molecule has 2 heterocycles. The first-order valence-electron chi connectivity index (χ1n) is 10.1. The molecule has 32 heavy (non-hydrogen) atoms. The number of methoxy groups -OCH3 is 1. The summed E-state index contributed by atoms with van der Waals surface area (Å²) in [5.41, 5.74) is -0.156. The number of hydrogen-bond donors (Lipinski definition) is 1. The zero-order chi connectivity index (χ0) is 23.1. The Morgan fingerprint density at radius 1 is 1.12 bits per heavy atom. The van der Waals surface area contributed by atoms with Gasteiger partial charge in [0.15, 0.2) is 0 Å². The van der Waals surface area contributed by atoms with Crippen molar-refractivity contribution in [1.29, 1.82) is 0 Å². The number of benzene rings is 1. The minimum Gasteiger partial charge on any atom is -0.474 e. The molecule has 1 aromatic heterocycles. The normalized spacial score (nSPS) is 14.8. The van der Waals surface area contributed by atoms with E-state index in [1.165, 1.54) is 12.1 Å². The summed E-state index contributed by atoms with van der Waals surface area (Å²) in [5, 5.41) is 2.83. The molecule has 1 aliphatic rings. The lowest BCUT2D eigenvalue weighted by molar-refractivity contribution is -0.137. The summed E-state index contributed by atoms with van der Waals surface area (Å²) in [5.74, 6) is -0.554. The van der Waals surface area contributed by atoms with Crippen molar-refractivity contribution < 1.29 is 32.2 Å². The molecule has 172 valence electrons. The fourth-order valence-electron chi connectivity index (χ4n) is 3.39. The van der Waals surface area contributed by atoms with Crippen molar-refractivity contribution in [3.63, 3.8) is 0 Å². The molecule has 0 radical (unpaired) electrons. The Bertz CT molecular complexity index is 927. The van der Waals surface area contributed by atoms with Gasteiger partial charge in [-0.3, -0.25) is 9.59 Å². The molecule has 3 rings (SSSR count). The molecular weight excluding hydrogens is 427 g/mol. The van der Waals surface area contributed by atoms with Crippen LogP contribution in [0.5, 0.6) is 5.88 Å². The number of piperidine rings is 1. The summed E-state index contributed by atoms with van der Waals surface area (Å²) in [7, 11) is 1.55. The van der Waals surface area contributed by atoms with E-state index in [-0.39, 0.29) is 23.3 Å². The number of nitrogens with one attached hydrogen (secondary N) is 1. The molecule has 0 unspecified atom stereocenters. The van der Waals surface area contributed by atoms with Gasteiger partial charge in [0.1, 0.15) is 12.3 Å². The molecule has 0 spiro atoms. The summed E-state index contributed by atoms with van der Waals surface area (Å²) < 4.78 is 48.6. The lowest BCUT2D eigenvalue weighted by atomic mass is 9.95. The molecule has 1 aliphatic heterocycles. The SMILES string of the molecule is COCCOc1ncccc1NC(=O)C1CCN(C(=O)c2ccc(C(F)(F)F)cc2)CC1. The van der Waals surface area contributed by atoms with Crippen LogP contribution in [0.25, 0.3) is 0 Å². The maximum atomic E-state index is 12.7. The van der Waals surface area contributed by atoms with Gasteiger partial charge in [-0.1, -0.05) is 0 Å². The number of aromatic nitrogens is 1.